The zero-order chi connectivity index (χ0) is 25.3. The first-order chi connectivity index (χ1) is 17.6. The second kappa shape index (κ2) is 12.0. The van der Waals surface area contributed by atoms with Crippen molar-refractivity contribution in [1.82, 2.24) is 19.7 Å². The molecule has 0 spiro atoms. The molecule has 0 saturated carbocycles. The van der Waals surface area contributed by atoms with Crippen molar-refractivity contribution >= 4 is 22.7 Å². The number of methoxy groups -OCH3 is 1. The number of benzene rings is 1. The van der Waals surface area contributed by atoms with E-state index in [2.05, 4.69) is 20.4 Å². The van der Waals surface area contributed by atoms with E-state index in [-0.39, 0.29) is 29.6 Å². The van der Waals surface area contributed by atoms with Crippen LogP contribution < -0.4 is 21.3 Å². The van der Waals surface area contributed by atoms with Crippen LogP contribution >= 0.6 is 0 Å². The predicted molar refractivity (Wildman–Crippen MR) is 131 cm³/mol. The summed E-state index contributed by atoms with van der Waals surface area (Å²) < 4.78 is 22.9. The summed E-state index contributed by atoms with van der Waals surface area (Å²) in [5.41, 5.74) is 7.28. The van der Waals surface area contributed by atoms with Gasteiger partial charge >= 0.3 is 0 Å². The number of hydrogen-bond donors (Lipinski definition) is 2. The highest BCUT2D eigenvalue weighted by Crippen LogP contribution is 2.25. The Kier molecular flexibility index (Phi) is 8.34. The molecule has 0 saturated heterocycles. The van der Waals surface area contributed by atoms with Gasteiger partial charge in [0.05, 0.1) is 46.3 Å². The minimum Gasteiger partial charge on any atom is -0.495 e. The van der Waals surface area contributed by atoms with Crippen molar-refractivity contribution in [3.05, 3.63) is 64.7 Å². The lowest BCUT2D eigenvalue weighted by atomic mass is 10.2. The summed E-state index contributed by atoms with van der Waals surface area (Å²) in [6.07, 6.45) is 1.47. The number of aromatic nitrogens is 4. The van der Waals surface area contributed by atoms with Gasteiger partial charge in [0.2, 0.25) is 5.89 Å². The molecule has 1 amide bonds. The van der Waals surface area contributed by atoms with Crippen molar-refractivity contribution in [1.29, 1.82) is 0 Å². The molecule has 12 heteroatoms. The zero-order valence-electron chi connectivity index (χ0n) is 19.7. The highest BCUT2D eigenvalue weighted by atomic mass is 16.5. The third kappa shape index (κ3) is 6.30. The largest absolute Gasteiger partial charge is 0.495 e. The summed E-state index contributed by atoms with van der Waals surface area (Å²) in [4.78, 5) is 33.2. The Hall–Kier alpha value is -4.13. The fourth-order valence-electron chi connectivity index (χ4n) is 3.22. The summed E-state index contributed by atoms with van der Waals surface area (Å²) in [6.45, 7) is 2.32. The molecule has 36 heavy (non-hydrogen) atoms. The van der Waals surface area contributed by atoms with E-state index in [4.69, 9.17) is 24.4 Å². The van der Waals surface area contributed by atoms with Crippen molar-refractivity contribution in [2.75, 3.05) is 45.4 Å². The first kappa shape index (κ1) is 25.0. The van der Waals surface area contributed by atoms with Gasteiger partial charge in [-0.05, 0) is 36.4 Å². The number of ether oxygens (including phenoxy) is 3. The Morgan fingerprint density at radius 1 is 1.08 bits per heavy atom. The van der Waals surface area contributed by atoms with Crippen LogP contribution in [-0.2, 0) is 16.0 Å². The second-order valence-electron chi connectivity index (χ2n) is 7.53. The molecule has 3 N–H and O–H groups in total. The molecule has 4 aromatic rings. The summed E-state index contributed by atoms with van der Waals surface area (Å²) in [5.74, 6) is 0.432. The number of anilines is 1. The number of carbonyl (C=O) groups excluding carboxylic acids is 1. The van der Waals surface area contributed by atoms with Gasteiger partial charge < -0.3 is 29.7 Å². The summed E-state index contributed by atoms with van der Waals surface area (Å²) in [7, 11) is 1.53. The summed E-state index contributed by atoms with van der Waals surface area (Å²) in [5, 5.41) is 7.13. The number of amides is 1. The Morgan fingerprint density at radius 3 is 2.67 bits per heavy atom. The van der Waals surface area contributed by atoms with Crippen molar-refractivity contribution in [3.63, 3.8) is 0 Å². The van der Waals surface area contributed by atoms with Crippen LogP contribution in [0.5, 0.6) is 5.75 Å². The minimum absolute atomic E-state index is 0.246. The molecule has 0 atom stereocenters. The standard InChI is InChI=1S/C24H26N6O6/c1-33-17-3-4-18(26-15-17)23(32)27-16-2-6-21-20(14-16)28-24(36-21)19-5-7-22(31)30(29-19)9-11-35-13-12-34-10-8-25/h2-7,14-15H,8-13,25H2,1H3,(H,27,32). The molecule has 0 aliphatic rings. The molecule has 3 aromatic heterocycles. The Balaban J connectivity index is 1.42. The molecule has 0 radical (unpaired) electrons. The molecule has 12 nitrogen and oxygen atoms in total. The van der Waals surface area contributed by atoms with Crippen LogP contribution in [0.15, 0.2) is 57.9 Å². The lowest BCUT2D eigenvalue weighted by molar-refractivity contribution is 0.0464. The van der Waals surface area contributed by atoms with E-state index < -0.39 is 0 Å². The Morgan fingerprint density at radius 2 is 1.92 bits per heavy atom. The summed E-state index contributed by atoms with van der Waals surface area (Å²) >= 11 is 0. The Bertz CT molecular complexity index is 1370. The minimum atomic E-state index is -0.373. The quantitative estimate of drug-likeness (QED) is 0.278. The molecule has 3 heterocycles. The highest BCUT2D eigenvalue weighted by Gasteiger charge is 2.14. The molecule has 0 unspecified atom stereocenters. The molecule has 4 rings (SSSR count). The number of nitrogens with zero attached hydrogens (tertiary/aromatic N) is 4. The molecule has 0 bridgehead atoms. The topological polar surface area (TPSA) is 157 Å². The van der Waals surface area contributed by atoms with Gasteiger partial charge in [-0.25, -0.2) is 14.6 Å². The number of hydrogen-bond acceptors (Lipinski definition) is 10. The van der Waals surface area contributed by atoms with E-state index >= 15 is 0 Å². The molecule has 0 aliphatic heterocycles. The summed E-state index contributed by atoms with van der Waals surface area (Å²) in [6, 6.07) is 11.2. The predicted octanol–water partition coefficient (Wildman–Crippen LogP) is 1.70. The number of fused-ring (bicyclic) bond motifs is 1. The first-order valence-electron chi connectivity index (χ1n) is 11.2. The van der Waals surface area contributed by atoms with Gasteiger partial charge in [-0.2, -0.15) is 5.10 Å². The number of nitrogens with two attached hydrogens (primary N) is 1. The van der Waals surface area contributed by atoms with E-state index in [0.717, 1.165) is 0 Å². The van der Waals surface area contributed by atoms with Gasteiger partial charge in [0.25, 0.3) is 11.5 Å². The fourth-order valence-corrected chi connectivity index (χ4v) is 3.22. The highest BCUT2D eigenvalue weighted by molar-refractivity contribution is 6.03. The lowest BCUT2D eigenvalue weighted by Crippen LogP contribution is -2.25. The zero-order valence-corrected chi connectivity index (χ0v) is 19.7. The van der Waals surface area contributed by atoms with Gasteiger partial charge in [-0.3, -0.25) is 9.59 Å². The maximum Gasteiger partial charge on any atom is 0.274 e. The average molecular weight is 495 g/mol. The lowest BCUT2D eigenvalue weighted by Gasteiger charge is -2.07. The van der Waals surface area contributed by atoms with Gasteiger partial charge in [0.15, 0.2) is 5.58 Å². The Labute approximate surface area is 206 Å². The van der Waals surface area contributed by atoms with Gasteiger partial charge in [-0.15, -0.1) is 0 Å². The van der Waals surface area contributed by atoms with Crippen LogP contribution in [0.4, 0.5) is 5.69 Å². The third-order valence-electron chi connectivity index (χ3n) is 5.02. The van der Waals surface area contributed by atoms with Crippen molar-refractivity contribution in [2.45, 2.75) is 6.54 Å². The van der Waals surface area contributed by atoms with E-state index in [1.54, 1.807) is 36.4 Å². The van der Waals surface area contributed by atoms with E-state index in [1.807, 2.05) is 0 Å². The van der Waals surface area contributed by atoms with Gasteiger partial charge in [-0.1, -0.05) is 0 Å². The number of pyridine rings is 1. The molecule has 188 valence electrons. The monoisotopic (exact) mass is 494 g/mol. The van der Waals surface area contributed by atoms with Gasteiger partial charge in [0.1, 0.15) is 22.7 Å². The van der Waals surface area contributed by atoms with Crippen LogP contribution in [0.25, 0.3) is 22.7 Å². The van der Waals surface area contributed by atoms with Crippen molar-refractivity contribution in [3.8, 4) is 17.3 Å². The van der Waals surface area contributed by atoms with E-state index in [9.17, 15) is 9.59 Å². The van der Waals surface area contributed by atoms with Crippen molar-refractivity contribution in [2.24, 2.45) is 5.73 Å². The third-order valence-corrected chi connectivity index (χ3v) is 5.02. The van der Waals surface area contributed by atoms with Crippen molar-refractivity contribution < 1.29 is 23.4 Å². The maximum absolute atomic E-state index is 12.5. The smallest absolute Gasteiger partial charge is 0.274 e. The normalized spacial score (nSPS) is 11.1. The number of rotatable bonds is 12. The number of oxazole rings is 1. The molecule has 0 fully saturated rings. The van der Waals surface area contributed by atoms with Crippen LogP contribution in [0, 0.1) is 0 Å². The molecular weight excluding hydrogens is 468 g/mol. The SMILES string of the molecule is COc1ccc(C(=O)Nc2ccc3oc(-c4ccc(=O)n(CCOCCOCCN)n4)nc3c2)nc1. The molecule has 0 aliphatic carbocycles. The maximum atomic E-state index is 12.5. The second-order valence-corrected chi connectivity index (χ2v) is 7.53. The van der Waals surface area contributed by atoms with Crippen LogP contribution in [-0.4, -0.2) is 65.7 Å². The van der Waals surface area contributed by atoms with E-state index in [0.29, 0.717) is 61.2 Å². The van der Waals surface area contributed by atoms with Gasteiger partial charge in [0, 0.05) is 18.3 Å². The van der Waals surface area contributed by atoms with Crippen LogP contribution in [0.3, 0.4) is 0 Å². The first-order valence-corrected chi connectivity index (χ1v) is 11.2. The molecule has 1 aromatic carbocycles. The average Bonchev–Trinajstić information content (AvgIpc) is 3.32. The van der Waals surface area contributed by atoms with Crippen LogP contribution in [0.2, 0.25) is 0 Å². The van der Waals surface area contributed by atoms with E-state index in [1.165, 1.54) is 24.1 Å². The number of carbonyl (C=O) groups is 1. The molecular formula is C24H26N6O6. The van der Waals surface area contributed by atoms with Crippen LogP contribution in [0.1, 0.15) is 10.5 Å². The number of nitrogens with one attached hydrogen (secondary N) is 1. The fraction of sp³-hybridized carbons (Fsp3) is 0.292.